The Labute approximate surface area is 123 Å². The summed E-state index contributed by atoms with van der Waals surface area (Å²) in [5, 5.41) is 3.51. The van der Waals surface area contributed by atoms with Gasteiger partial charge < -0.3 is 15.3 Å². The van der Waals surface area contributed by atoms with Crippen LogP contribution in [0.3, 0.4) is 0 Å². The van der Waals surface area contributed by atoms with Gasteiger partial charge in [-0.2, -0.15) is 0 Å². The number of fused-ring (bicyclic) bond motifs is 1. The van der Waals surface area contributed by atoms with Crippen molar-refractivity contribution in [3.63, 3.8) is 0 Å². The highest BCUT2D eigenvalue weighted by molar-refractivity contribution is 5.75. The number of rotatable bonds is 4. The Bertz CT molecular complexity index is 816. The van der Waals surface area contributed by atoms with Gasteiger partial charge in [-0.25, -0.2) is 4.79 Å². The molecule has 0 aliphatic rings. The highest BCUT2D eigenvalue weighted by Gasteiger charge is 2.14. The average molecular weight is 281 g/mol. The van der Waals surface area contributed by atoms with Crippen molar-refractivity contribution in [1.29, 1.82) is 0 Å². The summed E-state index contributed by atoms with van der Waals surface area (Å²) in [5.41, 5.74) is 5.12. The summed E-state index contributed by atoms with van der Waals surface area (Å²) in [7, 11) is 0. The molecule has 0 saturated carbocycles. The second kappa shape index (κ2) is 5.58. The van der Waals surface area contributed by atoms with Crippen molar-refractivity contribution in [2.24, 2.45) is 0 Å². The molecule has 0 aliphatic carbocycles. The highest BCUT2D eigenvalue weighted by Crippen LogP contribution is 2.24. The zero-order valence-electron chi connectivity index (χ0n) is 12.2. The first-order chi connectivity index (χ1) is 10.2. The average Bonchev–Trinajstić information content (AvgIpc) is 2.83. The van der Waals surface area contributed by atoms with Gasteiger partial charge in [-0.15, -0.1) is 0 Å². The topological polar surface area (TPSA) is 60.7 Å². The number of hydrogen-bond donors (Lipinski definition) is 3. The molecule has 0 radical (unpaired) electrons. The molecule has 0 aliphatic heterocycles. The van der Waals surface area contributed by atoms with E-state index in [1.807, 2.05) is 12.1 Å². The highest BCUT2D eigenvalue weighted by atomic mass is 16.1. The van der Waals surface area contributed by atoms with E-state index in [4.69, 9.17) is 0 Å². The third-order valence-corrected chi connectivity index (χ3v) is 3.66. The fourth-order valence-electron chi connectivity index (χ4n) is 2.71. The van der Waals surface area contributed by atoms with Crippen molar-refractivity contribution < 1.29 is 0 Å². The minimum atomic E-state index is -0.169. The number of aromatic nitrogens is 2. The van der Waals surface area contributed by atoms with E-state index in [1.165, 1.54) is 11.1 Å². The minimum Gasteiger partial charge on any atom is -0.307 e. The molecule has 0 spiro atoms. The van der Waals surface area contributed by atoms with Gasteiger partial charge in [0.15, 0.2) is 0 Å². The Morgan fingerprint density at radius 3 is 2.57 bits per heavy atom. The van der Waals surface area contributed by atoms with Gasteiger partial charge in [0.2, 0.25) is 0 Å². The van der Waals surface area contributed by atoms with Gasteiger partial charge in [-0.3, -0.25) is 0 Å². The van der Waals surface area contributed by atoms with Gasteiger partial charge in [-0.1, -0.05) is 42.8 Å². The van der Waals surface area contributed by atoms with Gasteiger partial charge >= 0.3 is 5.69 Å². The quantitative estimate of drug-likeness (QED) is 0.688. The van der Waals surface area contributed by atoms with Crippen molar-refractivity contribution in [1.82, 2.24) is 15.3 Å². The van der Waals surface area contributed by atoms with Crippen LogP contribution in [0.4, 0.5) is 0 Å². The molecule has 1 aromatic heterocycles. The van der Waals surface area contributed by atoms with Crippen LogP contribution in [-0.2, 0) is 0 Å². The Hall–Kier alpha value is -2.33. The molecule has 1 unspecified atom stereocenters. The van der Waals surface area contributed by atoms with E-state index in [-0.39, 0.29) is 11.7 Å². The van der Waals surface area contributed by atoms with E-state index in [0.29, 0.717) is 0 Å². The van der Waals surface area contributed by atoms with Crippen molar-refractivity contribution in [3.8, 4) is 0 Å². The lowest BCUT2D eigenvalue weighted by atomic mass is 9.97. The first-order valence-corrected chi connectivity index (χ1v) is 7.19. The molecule has 0 bridgehead atoms. The molecule has 21 heavy (non-hydrogen) atoms. The molecule has 4 nitrogen and oxygen atoms in total. The molecule has 4 heteroatoms. The Morgan fingerprint density at radius 2 is 1.81 bits per heavy atom. The van der Waals surface area contributed by atoms with E-state index in [2.05, 4.69) is 59.5 Å². The molecular weight excluding hydrogens is 262 g/mol. The molecule has 108 valence electrons. The standard InChI is InChI=1S/C17H19N3O/c1-3-18-16(12-6-4-5-11(2)9-12)13-7-8-14-15(10-13)20-17(21)19-14/h4-10,16,18H,3H2,1-2H3,(H2,19,20,21). The van der Waals surface area contributed by atoms with Gasteiger partial charge in [0, 0.05) is 0 Å². The van der Waals surface area contributed by atoms with Gasteiger partial charge in [0.1, 0.15) is 0 Å². The number of hydrogen-bond acceptors (Lipinski definition) is 2. The van der Waals surface area contributed by atoms with Crippen LogP contribution < -0.4 is 11.0 Å². The van der Waals surface area contributed by atoms with Crippen LogP contribution in [-0.4, -0.2) is 16.5 Å². The van der Waals surface area contributed by atoms with E-state index >= 15 is 0 Å². The predicted octanol–water partition coefficient (Wildman–Crippen LogP) is 2.86. The molecule has 0 amide bonds. The number of aromatic amines is 2. The fourth-order valence-corrected chi connectivity index (χ4v) is 2.71. The first kappa shape index (κ1) is 13.6. The largest absolute Gasteiger partial charge is 0.323 e. The Morgan fingerprint density at radius 1 is 1.05 bits per heavy atom. The fraction of sp³-hybridized carbons (Fsp3) is 0.235. The van der Waals surface area contributed by atoms with E-state index in [1.54, 1.807) is 0 Å². The number of benzene rings is 2. The van der Waals surface area contributed by atoms with E-state index in [9.17, 15) is 4.79 Å². The first-order valence-electron chi connectivity index (χ1n) is 7.19. The van der Waals surface area contributed by atoms with Crippen molar-refractivity contribution in [2.75, 3.05) is 6.54 Å². The van der Waals surface area contributed by atoms with Crippen LogP contribution in [0.5, 0.6) is 0 Å². The van der Waals surface area contributed by atoms with E-state index < -0.39 is 0 Å². The second-order valence-corrected chi connectivity index (χ2v) is 5.29. The van der Waals surface area contributed by atoms with Crippen molar-refractivity contribution >= 4 is 11.0 Å². The summed E-state index contributed by atoms with van der Waals surface area (Å²) in [4.78, 5) is 17.0. The van der Waals surface area contributed by atoms with Gasteiger partial charge in [0.05, 0.1) is 17.1 Å². The van der Waals surface area contributed by atoms with Gasteiger partial charge in [0.25, 0.3) is 0 Å². The molecular formula is C17H19N3O. The third-order valence-electron chi connectivity index (χ3n) is 3.66. The summed E-state index contributed by atoms with van der Waals surface area (Å²) in [6, 6.07) is 14.7. The van der Waals surface area contributed by atoms with Crippen LogP contribution in [0.25, 0.3) is 11.0 Å². The lowest BCUT2D eigenvalue weighted by molar-refractivity contribution is 0.631. The summed E-state index contributed by atoms with van der Waals surface area (Å²) in [6.07, 6.45) is 0. The maximum Gasteiger partial charge on any atom is 0.323 e. The lowest BCUT2D eigenvalue weighted by Gasteiger charge is -2.19. The van der Waals surface area contributed by atoms with Crippen LogP contribution in [0.15, 0.2) is 47.3 Å². The number of H-pyrrole nitrogens is 2. The smallest absolute Gasteiger partial charge is 0.307 e. The van der Waals surface area contributed by atoms with Crippen LogP contribution >= 0.6 is 0 Å². The Kier molecular flexibility index (Phi) is 3.62. The predicted molar refractivity (Wildman–Crippen MR) is 85.6 cm³/mol. The number of aryl methyl sites for hydroxylation is 1. The summed E-state index contributed by atoms with van der Waals surface area (Å²) >= 11 is 0. The molecule has 0 fully saturated rings. The SMILES string of the molecule is CCNC(c1cccc(C)c1)c1ccc2[nH]c(=O)[nH]c2c1. The summed E-state index contributed by atoms with van der Waals surface area (Å²) in [5.74, 6) is 0. The van der Waals surface area contributed by atoms with Crippen LogP contribution in [0.1, 0.15) is 29.7 Å². The molecule has 3 aromatic rings. The maximum atomic E-state index is 11.4. The third kappa shape index (κ3) is 2.76. The number of nitrogens with one attached hydrogen (secondary N) is 3. The summed E-state index contributed by atoms with van der Waals surface area (Å²) in [6.45, 7) is 5.07. The molecule has 3 rings (SSSR count). The zero-order chi connectivity index (χ0) is 14.8. The molecule has 2 aromatic carbocycles. The monoisotopic (exact) mass is 281 g/mol. The molecule has 3 N–H and O–H groups in total. The maximum absolute atomic E-state index is 11.4. The van der Waals surface area contributed by atoms with Crippen molar-refractivity contribution in [2.45, 2.75) is 19.9 Å². The number of imidazole rings is 1. The van der Waals surface area contributed by atoms with Crippen LogP contribution in [0.2, 0.25) is 0 Å². The van der Waals surface area contributed by atoms with Crippen LogP contribution in [0, 0.1) is 6.92 Å². The van der Waals surface area contributed by atoms with Crippen molar-refractivity contribution in [3.05, 3.63) is 69.6 Å². The second-order valence-electron chi connectivity index (χ2n) is 5.29. The van der Waals surface area contributed by atoms with Gasteiger partial charge in [-0.05, 0) is 36.7 Å². The molecule has 1 atom stereocenters. The lowest BCUT2D eigenvalue weighted by Crippen LogP contribution is -2.22. The minimum absolute atomic E-state index is 0.123. The molecule has 1 heterocycles. The zero-order valence-corrected chi connectivity index (χ0v) is 12.2. The summed E-state index contributed by atoms with van der Waals surface area (Å²) < 4.78 is 0. The van der Waals surface area contributed by atoms with E-state index in [0.717, 1.165) is 23.1 Å². The Balaban J connectivity index is 2.07. The molecule has 0 saturated heterocycles. The normalized spacial score (nSPS) is 12.7.